The lowest BCUT2D eigenvalue weighted by Gasteiger charge is -2.07. The number of rotatable bonds is 3. The Balaban J connectivity index is 2.03. The summed E-state index contributed by atoms with van der Waals surface area (Å²) < 4.78 is 6.23. The summed E-state index contributed by atoms with van der Waals surface area (Å²) in [5, 5.41) is 3.23. The highest BCUT2D eigenvalue weighted by atomic mass is 35.5. The number of carbonyl (C=O) groups excluding carboxylic acids is 1. The molecule has 0 saturated heterocycles. The van der Waals surface area contributed by atoms with Crippen LogP contribution in [0.25, 0.3) is 11.1 Å². The molecule has 0 saturated carbocycles. The van der Waals surface area contributed by atoms with Crippen molar-refractivity contribution in [2.75, 3.05) is 5.32 Å². The molecule has 1 amide bonds. The molecule has 0 aliphatic rings. The van der Waals surface area contributed by atoms with Gasteiger partial charge in [-0.1, -0.05) is 48.0 Å². The number of aryl methyl sites for hydroxylation is 1. The minimum Gasteiger partial charge on any atom is -0.335 e. The van der Waals surface area contributed by atoms with E-state index >= 15 is 0 Å². The molecule has 6 heteroatoms. The fourth-order valence-electron chi connectivity index (χ4n) is 2.34. The molecule has 0 aliphatic heterocycles. The summed E-state index contributed by atoms with van der Waals surface area (Å²) in [6, 6.07) is 15.7. The standard InChI is InChI=1S/C17H13ClN2O3/c1-20-15(16(21)19-13-9-5-8-12(18)10-13)14(17(22)23-20)11-6-3-2-4-7-11/h2-10H,1H3,(H,19,21). The predicted molar refractivity (Wildman–Crippen MR) is 88.8 cm³/mol. The molecule has 0 radical (unpaired) electrons. The third-order valence-corrected chi connectivity index (χ3v) is 3.57. The number of hydrogen-bond donors (Lipinski definition) is 1. The minimum atomic E-state index is -0.560. The smallest absolute Gasteiger partial charge is 0.335 e. The van der Waals surface area contributed by atoms with Gasteiger partial charge >= 0.3 is 5.63 Å². The molecule has 1 N–H and O–H groups in total. The van der Waals surface area contributed by atoms with Crippen LogP contribution in [0.3, 0.4) is 0 Å². The third kappa shape index (κ3) is 3.05. The highest BCUT2D eigenvalue weighted by Gasteiger charge is 2.23. The van der Waals surface area contributed by atoms with Crippen LogP contribution in [-0.4, -0.2) is 10.6 Å². The minimum absolute atomic E-state index is 0.154. The zero-order valence-corrected chi connectivity index (χ0v) is 13.0. The average Bonchev–Trinajstić information content (AvgIpc) is 2.82. The predicted octanol–water partition coefficient (Wildman–Crippen LogP) is 3.55. The molecule has 1 heterocycles. The SMILES string of the molecule is Cn1oc(=O)c(-c2ccccc2)c1C(=O)Nc1cccc(Cl)c1. The molecule has 3 aromatic rings. The molecule has 0 aliphatic carbocycles. The van der Waals surface area contributed by atoms with Gasteiger partial charge < -0.3 is 9.84 Å². The zero-order chi connectivity index (χ0) is 16.4. The van der Waals surface area contributed by atoms with E-state index in [-0.39, 0.29) is 11.3 Å². The van der Waals surface area contributed by atoms with Gasteiger partial charge in [-0.2, -0.15) is 0 Å². The number of anilines is 1. The van der Waals surface area contributed by atoms with Crippen LogP contribution in [0, 0.1) is 0 Å². The van der Waals surface area contributed by atoms with E-state index in [2.05, 4.69) is 5.32 Å². The van der Waals surface area contributed by atoms with Crippen molar-refractivity contribution >= 4 is 23.2 Å². The summed E-state index contributed by atoms with van der Waals surface area (Å²) in [6.45, 7) is 0. The maximum absolute atomic E-state index is 12.6. The number of aromatic nitrogens is 1. The number of hydrogen-bond acceptors (Lipinski definition) is 3. The highest BCUT2D eigenvalue weighted by molar-refractivity contribution is 6.31. The van der Waals surface area contributed by atoms with Crippen molar-refractivity contribution in [3.63, 3.8) is 0 Å². The van der Waals surface area contributed by atoms with Crippen LogP contribution in [0.2, 0.25) is 5.02 Å². The van der Waals surface area contributed by atoms with E-state index in [1.807, 2.05) is 6.07 Å². The quantitative estimate of drug-likeness (QED) is 0.799. The van der Waals surface area contributed by atoms with Gasteiger partial charge in [0.1, 0.15) is 5.56 Å². The van der Waals surface area contributed by atoms with Crippen molar-refractivity contribution in [3.05, 3.63) is 75.7 Å². The van der Waals surface area contributed by atoms with Gasteiger partial charge in [-0.3, -0.25) is 4.79 Å². The van der Waals surface area contributed by atoms with Crippen molar-refractivity contribution in [2.45, 2.75) is 0 Å². The number of halogens is 1. The Morgan fingerprint density at radius 2 is 1.87 bits per heavy atom. The van der Waals surface area contributed by atoms with Gasteiger partial charge in [0.25, 0.3) is 5.91 Å². The molecule has 5 nitrogen and oxygen atoms in total. The number of nitrogens with zero attached hydrogens (tertiary/aromatic N) is 1. The number of carbonyl (C=O) groups is 1. The van der Waals surface area contributed by atoms with E-state index in [1.165, 1.54) is 11.8 Å². The lowest BCUT2D eigenvalue weighted by atomic mass is 10.1. The first-order valence-electron chi connectivity index (χ1n) is 6.89. The van der Waals surface area contributed by atoms with Gasteiger partial charge in [-0.15, -0.1) is 0 Å². The summed E-state index contributed by atoms with van der Waals surface area (Å²) in [6.07, 6.45) is 0. The Hall–Kier alpha value is -2.79. The van der Waals surface area contributed by atoms with Gasteiger partial charge in [0.05, 0.1) is 0 Å². The number of amides is 1. The normalized spacial score (nSPS) is 10.5. The van der Waals surface area contributed by atoms with E-state index < -0.39 is 11.5 Å². The Morgan fingerprint density at radius 1 is 1.13 bits per heavy atom. The first-order chi connectivity index (χ1) is 11.1. The first kappa shape index (κ1) is 15.1. The summed E-state index contributed by atoms with van der Waals surface area (Å²) in [7, 11) is 1.51. The van der Waals surface area contributed by atoms with Crippen LogP contribution < -0.4 is 10.9 Å². The summed E-state index contributed by atoms with van der Waals surface area (Å²) >= 11 is 5.91. The van der Waals surface area contributed by atoms with Gasteiger partial charge in [0.2, 0.25) is 0 Å². The Labute approximate surface area is 137 Å². The van der Waals surface area contributed by atoms with Crippen molar-refractivity contribution in [1.82, 2.24) is 4.74 Å². The zero-order valence-electron chi connectivity index (χ0n) is 12.2. The lowest BCUT2D eigenvalue weighted by molar-refractivity contribution is 0.100. The molecular formula is C17H13ClN2O3. The van der Waals surface area contributed by atoms with Crippen molar-refractivity contribution < 1.29 is 9.32 Å². The van der Waals surface area contributed by atoms with Crippen LogP contribution in [-0.2, 0) is 7.05 Å². The fraction of sp³-hybridized carbons (Fsp3) is 0.0588. The van der Waals surface area contributed by atoms with E-state index in [1.54, 1.807) is 48.5 Å². The van der Waals surface area contributed by atoms with Crippen molar-refractivity contribution in [3.8, 4) is 11.1 Å². The molecule has 0 bridgehead atoms. The Morgan fingerprint density at radius 3 is 2.57 bits per heavy atom. The molecule has 3 rings (SSSR count). The van der Waals surface area contributed by atoms with Gasteiger partial charge in [0, 0.05) is 17.8 Å². The summed E-state index contributed by atoms with van der Waals surface area (Å²) in [5.74, 6) is -0.445. The first-order valence-corrected chi connectivity index (χ1v) is 7.26. The van der Waals surface area contributed by atoms with Crippen molar-refractivity contribution in [1.29, 1.82) is 0 Å². The maximum Gasteiger partial charge on any atom is 0.366 e. The van der Waals surface area contributed by atoms with E-state index in [0.29, 0.717) is 16.3 Å². The lowest BCUT2D eigenvalue weighted by Crippen LogP contribution is -2.17. The molecule has 23 heavy (non-hydrogen) atoms. The highest BCUT2D eigenvalue weighted by Crippen LogP contribution is 2.22. The average molecular weight is 329 g/mol. The van der Waals surface area contributed by atoms with E-state index in [0.717, 1.165) is 0 Å². The van der Waals surface area contributed by atoms with Crippen molar-refractivity contribution in [2.24, 2.45) is 7.05 Å². The third-order valence-electron chi connectivity index (χ3n) is 3.34. The molecule has 0 fully saturated rings. The largest absolute Gasteiger partial charge is 0.366 e. The second-order valence-electron chi connectivity index (χ2n) is 4.93. The molecule has 2 aromatic carbocycles. The van der Waals surface area contributed by atoms with Crippen LogP contribution in [0.5, 0.6) is 0 Å². The van der Waals surface area contributed by atoms with E-state index in [9.17, 15) is 9.59 Å². The van der Waals surface area contributed by atoms with Crippen LogP contribution in [0.1, 0.15) is 10.5 Å². The van der Waals surface area contributed by atoms with Gasteiger partial charge in [0.15, 0.2) is 5.69 Å². The molecular weight excluding hydrogens is 316 g/mol. The van der Waals surface area contributed by atoms with Crippen LogP contribution in [0.15, 0.2) is 63.9 Å². The summed E-state index contributed by atoms with van der Waals surface area (Å²) in [4.78, 5) is 24.7. The molecule has 0 atom stereocenters. The molecule has 116 valence electrons. The van der Waals surface area contributed by atoms with Crippen LogP contribution >= 0.6 is 11.6 Å². The van der Waals surface area contributed by atoms with Gasteiger partial charge in [-0.25, -0.2) is 9.53 Å². The second kappa shape index (κ2) is 6.14. The van der Waals surface area contributed by atoms with Gasteiger partial charge in [-0.05, 0) is 23.8 Å². The second-order valence-corrected chi connectivity index (χ2v) is 5.37. The topological polar surface area (TPSA) is 64.2 Å². The molecule has 0 unspecified atom stereocenters. The number of nitrogens with one attached hydrogen (secondary N) is 1. The maximum atomic E-state index is 12.6. The number of benzene rings is 2. The van der Waals surface area contributed by atoms with Crippen LogP contribution in [0.4, 0.5) is 5.69 Å². The Bertz CT molecular complexity index is 913. The molecule has 0 spiro atoms. The summed E-state index contributed by atoms with van der Waals surface area (Å²) in [5.41, 5.74) is 0.983. The monoisotopic (exact) mass is 328 g/mol. The molecule has 1 aromatic heterocycles. The Kier molecular flexibility index (Phi) is 4.04. The van der Waals surface area contributed by atoms with E-state index in [4.69, 9.17) is 16.1 Å². The fourth-order valence-corrected chi connectivity index (χ4v) is 2.53.